The summed E-state index contributed by atoms with van der Waals surface area (Å²) in [5, 5.41) is 3.01. The SMILES string of the molecule is CC(C(=O)NC1CC1)N1CCN(C(=O)c2ccc(Br)cc2F)CC1. The Labute approximate surface area is 149 Å². The van der Waals surface area contributed by atoms with Crippen molar-refractivity contribution in [2.45, 2.75) is 31.8 Å². The zero-order valence-electron chi connectivity index (χ0n) is 13.6. The zero-order valence-corrected chi connectivity index (χ0v) is 15.2. The number of piperazine rings is 1. The lowest BCUT2D eigenvalue weighted by Gasteiger charge is -2.37. The molecule has 2 fully saturated rings. The van der Waals surface area contributed by atoms with E-state index in [9.17, 15) is 14.0 Å². The highest BCUT2D eigenvalue weighted by Gasteiger charge is 2.31. The Morgan fingerprint density at radius 2 is 1.92 bits per heavy atom. The zero-order chi connectivity index (χ0) is 17.3. The molecular weight excluding hydrogens is 377 g/mol. The molecule has 1 N–H and O–H groups in total. The van der Waals surface area contributed by atoms with Gasteiger partial charge >= 0.3 is 0 Å². The standard InChI is InChI=1S/C17H21BrFN3O2/c1-11(16(23)20-13-3-4-13)21-6-8-22(9-7-21)17(24)14-5-2-12(18)10-15(14)19/h2,5,10-11,13H,3-4,6-9H2,1H3,(H,20,23). The Hall–Kier alpha value is -1.47. The molecule has 0 radical (unpaired) electrons. The second-order valence-electron chi connectivity index (χ2n) is 6.41. The molecule has 2 aliphatic rings. The van der Waals surface area contributed by atoms with E-state index >= 15 is 0 Å². The molecule has 1 aromatic rings. The highest BCUT2D eigenvalue weighted by Crippen LogP contribution is 2.20. The van der Waals surface area contributed by atoms with Gasteiger partial charge in [0.05, 0.1) is 11.6 Å². The highest BCUT2D eigenvalue weighted by atomic mass is 79.9. The van der Waals surface area contributed by atoms with Crippen molar-refractivity contribution < 1.29 is 14.0 Å². The molecule has 1 unspecified atom stereocenters. The van der Waals surface area contributed by atoms with Crippen LogP contribution in [-0.4, -0.2) is 59.9 Å². The Bertz CT molecular complexity index is 643. The fourth-order valence-electron chi connectivity index (χ4n) is 2.86. The van der Waals surface area contributed by atoms with Crippen LogP contribution >= 0.6 is 15.9 Å². The third-order valence-electron chi connectivity index (χ3n) is 4.61. The first-order valence-electron chi connectivity index (χ1n) is 8.24. The second-order valence-corrected chi connectivity index (χ2v) is 7.33. The van der Waals surface area contributed by atoms with E-state index in [0.717, 1.165) is 12.8 Å². The maximum absolute atomic E-state index is 14.0. The predicted molar refractivity (Wildman–Crippen MR) is 92.2 cm³/mol. The number of hydrogen-bond donors (Lipinski definition) is 1. The van der Waals surface area contributed by atoms with Crippen LogP contribution in [-0.2, 0) is 4.79 Å². The van der Waals surface area contributed by atoms with E-state index in [-0.39, 0.29) is 23.4 Å². The maximum atomic E-state index is 14.0. The molecule has 0 bridgehead atoms. The molecule has 1 aliphatic carbocycles. The molecule has 1 saturated heterocycles. The lowest BCUT2D eigenvalue weighted by molar-refractivity contribution is -0.126. The van der Waals surface area contributed by atoms with E-state index in [4.69, 9.17) is 0 Å². The topological polar surface area (TPSA) is 52.7 Å². The number of nitrogens with zero attached hydrogens (tertiary/aromatic N) is 2. The van der Waals surface area contributed by atoms with Crippen LogP contribution in [0.25, 0.3) is 0 Å². The van der Waals surface area contributed by atoms with Crippen molar-refractivity contribution in [3.05, 3.63) is 34.1 Å². The van der Waals surface area contributed by atoms with E-state index in [1.165, 1.54) is 12.1 Å². The first-order valence-corrected chi connectivity index (χ1v) is 9.04. The Morgan fingerprint density at radius 1 is 1.25 bits per heavy atom. The molecular formula is C17H21BrFN3O2. The molecule has 1 aromatic carbocycles. The Morgan fingerprint density at radius 3 is 2.50 bits per heavy atom. The smallest absolute Gasteiger partial charge is 0.256 e. The van der Waals surface area contributed by atoms with Crippen LogP contribution < -0.4 is 5.32 Å². The largest absolute Gasteiger partial charge is 0.352 e. The van der Waals surface area contributed by atoms with Gasteiger partial charge in [0.1, 0.15) is 5.82 Å². The number of rotatable bonds is 4. The summed E-state index contributed by atoms with van der Waals surface area (Å²) in [6.07, 6.45) is 2.14. The quantitative estimate of drug-likeness (QED) is 0.845. The van der Waals surface area contributed by atoms with Gasteiger partial charge in [-0.25, -0.2) is 4.39 Å². The summed E-state index contributed by atoms with van der Waals surface area (Å²) in [5.74, 6) is -0.764. The summed E-state index contributed by atoms with van der Waals surface area (Å²) in [7, 11) is 0. The van der Waals surface area contributed by atoms with E-state index in [1.807, 2.05) is 6.92 Å². The van der Waals surface area contributed by atoms with Gasteiger partial charge in [0.2, 0.25) is 5.91 Å². The molecule has 24 heavy (non-hydrogen) atoms. The Balaban J connectivity index is 1.56. The summed E-state index contributed by atoms with van der Waals surface area (Å²) < 4.78 is 14.6. The summed E-state index contributed by atoms with van der Waals surface area (Å²) in [5.41, 5.74) is 0.0891. The van der Waals surface area contributed by atoms with Gasteiger partial charge < -0.3 is 10.2 Å². The van der Waals surface area contributed by atoms with E-state index in [2.05, 4.69) is 26.1 Å². The minimum absolute atomic E-state index is 0.0521. The molecule has 7 heteroatoms. The molecule has 130 valence electrons. The van der Waals surface area contributed by atoms with Crippen molar-refractivity contribution in [3.63, 3.8) is 0 Å². The summed E-state index contributed by atoms with van der Waals surface area (Å²) in [6, 6.07) is 4.61. The molecule has 0 aromatic heterocycles. The summed E-state index contributed by atoms with van der Waals surface area (Å²) >= 11 is 3.19. The van der Waals surface area contributed by atoms with E-state index in [0.29, 0.717) is 36.7 Å². The number of carbonyl (C=O) groups excluding carboxylic acids is 2. The van der Waals surface area contributed by atoms with Gasteiger partial charge in [0, 0.05) is 36.7 Å². The number of hydrogen-bond acceptors (Lipinski definition) is 3. The van der Waals surface area contributed by atoms with Gasteiger partial charge in [-0.3, -0.25) is 14.5 Å². The first kappa shape index (κ1) is 17.4. The lowest BCUT2D eigenvalue weighted by atomic mass is 10.1. The lowest BCUT2D eigenvalue weighted by Crippen LogP contribution is -2.55. The monoisotopic (exact) mass is 397 g/mol. The van der Waals surface area contributed by atoms with Crippen molar-refractivity contribution in [2.24, 2.45) is 0 Å². The van der Waals surface area contributed by atoms with Crippen molar-refractivity contribution in [3.8, 4) is 0 Å². The average molecular weight is 398 g/mol. The second kappa shape index (κ2) is 7.19. The van der Waals surface area contributed by atoms with Gasteiger partial charge in [-0.1, -0.05) is 15.9 Å². The third-order valence-corrected chi connectivity index (χ3v) is 5.11. The van der Waals surface area contributed by atoms with Crippen LogP contribution in [0.5, 0.6) is 0 Å². The highest BCUT2D eigenvalue weighted by molar-refractivity contribution is 9.10. The fraction of sp³-hybridized carbons (Fsp3) is 0.529. The molecule has 2 amide bonds. The summed E-state index contributed by atoms with van der Waals surface area (Å²) in [6.45, 7) is 4.11. The number of amides is 2. The van der Waals surface area contributed by atoms with E-state index < -0.39 is 5.82 Å². The Kier molecular flexibility index (Phi) is 5.20. The van der Waals surface area contributed by atoms with Crippen molar-refractivity contribution in [1.82, 2.24) is 15.1 Å². The molecule has 0 spiro atoms. The normalized spacial score (nSPS) is 19.9. The molecule has 1 aliphatic heterocycles. The van der Waals surface area contributed by atoms with Crippen LogP contribution in [0.3, 0.4) is 0 Å². The van der Waals surface area contributed by atoms with Gasteiger partial charge in [-0.2, -0.15) is 0 Å². The molecule has 1 heterocycles. The van der Waals surface area contributed by atoms with Crippen LogP contribution in [0.2, 0.25) is 0 Å². The minimum atomic E-state index is -0.519. The van der Waals surface area contributed by atoms with Crippen LogP contribution in [0.15, 0.2) is 22.7 Å². The van der Waals surface area contributed by atoms with Gasteiger partial charge in [0.15, 0.2) is 0 Å². The van der Waals surface area contributed by atoms with Crippen LogP contribution in [0.4, 0.5) is 4.39 Å². The van der Waals surface area contributed by atoms with Crippen LogP contribution in [0.1, 0.15) is 30.1 Å². The third kappa shape index (κ3) is 3.95. The van der Waals surface area contributed by atoms with Crippen molar-refractivity contribution in [1.29, 1.82) is 0 Å². The number of carbonyl (C=O) groups is 2. The van der Waals surface area contributed by atoms with Gasteiger partial charge in [-0.05, 0) is 38.0 Å². The number of nitrogens with one attached hydrogen (secondary N) is 1. The minimum Gasteiger partial charge on any atom is -0.352 e. The average Bonchev–Trinajstić information content (AvgIpc) is 3.37. The maximum Gasteiger partial charge on any atom is 0.256 e. The molecule has 1 saturated carbocycles. The summed E-state index contributed by atoms with van der Waals surface area (Å²) in [4.78, 5) is 28.3. The van der Waals surface area contributed by atoms with Crippen molar-refractivity contribution >= 4 is 27.7 Å². The van der Waals surface area contributed by atoms with Gasteiger partial charge in [-0.15, -0.1) is 0 Å². The number of halogens is 2. The molecule has 3 rings (SSSR count). The number of benzene rings is 1. The van der Waals surface area contributed by atoms with Crippen LogP contribution in [0, 0.1) is 5.82 Å². The van der Waals surface area contributed by atoms with E-state index in [1.54, 1.807) is 11.0 Å². The predicted octanol–water partition coefficient (Wildman–Crippen LogP) is 2.01. The van der Waals surface area contributed by atoms with Gasteiger partial charge in [0.25, 0.3) is 5.91 Å². The fourth-order valence-corrected chi connectivity index (χ4v) is 3.19. The molecule has 1 atom stereocenters. The molecule has 5 nitrogen and oxygen atoms in total. The van der Waals surface area contributed by atoms with Crippen molar-refractivity contribution in [2.75, 3.05) is 26.2 Å². The first-order chi connectivity index (χ1) is 11.5.